The summed E-state index contributed by atoms with van der Waals surface area (Å²) in [6, 6.07) is 2.63. The van der Waals surface area contributed by atoms with Gasteiger partial charge in [-0.15, -0.1) is 0 Å². The minimum Gasteiger partial charge on any atom is -0.310 e. The molecule has 3 aliphatic rings. The number of rotatable bonds is 3. The van der Waals surface area contributed by atoms with E-state index in [2.05, 4.69) is 10.2 Å². The van der Waals surface area contributed by atoms with E-state index in [4.69, 9.17) is 0 Å². The van der Waals surface area contributed by atoms with Crippen LogP contribution in [0.1, 0.15) is 51.4 Å². The molecule has 0 aromatic carbocycles. The van der Waals surface area contributed by atoms with Crippen LogP contribution in [0.2, 0.25) is 0 Å². The van der Waals surface area contributed by atoms with Crippen molar-refractivity contribution >= 4 is 0 Å². The molecule has 3 rings (SSSR count). The van der Waals surface area contributed by atoms with Crippen LogP contribution in [-0.4, -0.2) is 36.1 Å². The molecule has 2 nitrogen and oxygen atoms in total. The zero-order valence-corrected chi connectivity index (χ0v) is 9.75. The second-order valence-corrected chi connectivity index (χ2v) is 5.71. The molecule has 0 aromatic rings. The Morgan fingerprint density at radius 3 is 2.27 bits per heavy atom. The molecular formula is C13H24N2. The Labute approximate surface area is 93.4 Å². The normalized spacial score (nSPS) is 34.8. The Hall–Kier alpha value is -0.0800. The average molecular weight is 208 g/mol. The summed E-state index contributed by atoms with van der Waals surface area (Å²) < 4.78 is 0. The summed E-state index contributed by atoms with van der Waals surface area (Å²) in [5.41, 5.74) is 0. The van der Waals surface area contributed by atoms with Gasteiger partial charge in [-0.25, -0.2) is 0 Å². The Kier molecular flexibility index (Phi) is 2.98. The van der Waals surface area contributed by atoms with Gasteiger partial charge in [-0.3, -0.25) is 4.90 Å². The average Bonchev–Trinajstić information content (AvgIpc) is 2.82. The molecule has 1 aliphatic heterocycles. The second-order valence-electron chi connectivity index (χ2n) is 5.71. The van der Waals surface area contributed by atoms with Crippen molar-refractivity contribution in [2.75, 3.05) is 13.1 Å². The smallest absolute Gasteiger partial charge is 0.0209 e. The van der Waals surface area contributed by atoms with Gasteiger partial charge < -0.3 is 5.32 Å². The van der Waals surface area contributed by atoms with E-state index in [0.29, 0.717) is 0 Å². The van der Waals surface area contributed by atoms with E-state index >= 15 is 0 Å². The molecule has 1 atom stereocenters. The van der Waals surface area contributed by atoms with Crippen molar-refractivity contribution in [1.29, 1.82) is 0 Å². The van der Waals surface area contributed by atoms with Crippen LogP contribution in [0.15, 0.2) is 0 Å². The molecule has 0 amide bonds. The van der Waals surface area contributed by atoms with E-state index in [9.17, 15) is 0 Å². The standard InChI is InChI=1S/C13H24N2/c1-2-7-13(6-1)15-9-8-12(10-15)14-11-4-3-5-11/h11-14H,1-10H2. The first kappa shape index (κ1) is 10.1. The number of hydrogen-bond acceptors (Lipinski definition) is 2. The number of hydrogen-bond donors (Lipinski definition) is 1. The monoisotopic (exact) mass is 208 g/mol. The molecule has 2 heteroatoms. The molecule has 2 saturated carbocycles. The fourth-order valence-electron chi connectivity index (χ4n) is 3.43. The van der Waals surface area contributed by atoms with E-state index in [1.54, 1.807) is 0 Å². The SMILES string of the molecule is C1CC(NC2CCN(C3CCCC3)C2)C1. The first-order valence-corrected chi connectivity index (χ1v) is 6.92. The summed E-state index contributed by atoms with van der Waals surface area (Å²) in [6.45, 7) is 2.69. The Morgan fingerprint density at radius 1 is 0.800 bits per heavy atom. The third-order valence-electron chi connectivity index (χ3n) is 4.64. The van der Waals surface area contributed by atoms with Crippen molar-refractivity contribution in [3.8, 4) is 0 Å². The first-order valence-electron chi connectivity index (χ1n) is 6.92. The lowest BCUT2D eigenvalue weighted by Gasteiger charge is -2.30. The van der Waals surface area contributed by atoms with Gasteiger partial charge in [0.25, 0.3) is 0 Å². The Morgan fingerprint density at radius 2 is 1.60 bits per heavy atom. The summed E-state index contributed by atoms with van der Waals surface area (Å²) in [5.74, 6) is 0. The highest BCUT2D eigenvalue weighted by Crippen LogP contribution is 2.27. The summed E-state index contributed by atoms with van der Waals surface area (Å²) >= 11 is 0. The molecule has 0 spiro atoms. The lowest BCUT2D eigenvalue weighted by molar-refractivity contribution is 0.231. The molecule has 0 aromatic heterocycles. The molecule has 3 fully saturated rings. The highest BCUT2D eigenvalue weighted by atomic mass is 15.2. The van der Waals surface area contributed by atoms with Gasteiger partial charge in [0.05, 0.1) is 0 Å². The van der Waals surface area contributed by atoms with Gasteiger partial charge in [0, 0.05) is 31.2 Å². The molecule has 0 bridgehead atoms. The van der Waals surface area contributed by atoms with Gasteiger partial charge in [-0.2, -0.15) is 0 Å². The molecule has 1 N–H and O–H groups in total. The quantitative estimate of drug-likeness (QED) is 0.764. The predicted molar refractivity (Wildman–Crippen MR) is 63.0 cm³/mol. The van der Waals surface area contributed by atoms with E-state index in [-0.39, 0.29) is 0 Å². The van der Waals surface area contributed by atoms with Crippen molar-refractivity contribution < 1.29 is 0 Å². The number of nitrogens with one attached hydrogen (secondary N) is 1. The van der Waals surface area contributed by atoms with Crippen molar-refractivity contribution in [2.24, 2.45) is 0 Å². The maximum Gasteiger partial charge on any atom is 0.0209 e. The van der Waals surface area contributed by atoms with Crippen molar-refractivity contribution in [3.05, 3.63) is 0 Å². The fourth-order valence-corrected chi connectivity index (χ4v) is 3.43. The van der Waals surface area contributed by atoms with Crippen molar-refractivity contribution in [1.82, 2.24) is 10.2 Å². The molecule has 86 valence electrons. The zero-order valence-electron chi connectivity index (χ0n) is 9.75. The largest absolute Gasteiger partial charge is 0.310 e. The Bertz CT molecular complexity index is 207. The van der Waals surface area contributed by atoms with Gasteiger partial charge in [0.2, 0.25) is 0 Å². The van der Waals surface area contributed by atoms with Crippen molar-refractivity contribution in [2.45, 2.75) is 69.5 Å². The molecule has 1 heterocycles. The lowest BCUT2D eigenvalue weighted by atomic mass is 9.92. The van der Waals surface area contributed by atoms with Crippen LogP contribution < -0.4 is 5.32 Å². The lowest BCUT2D eigenvalue weighted by Crippen LogP contribution is -2.44. The highest BCUT2D eigenvalue weighted by molar-refractivity contribution is 4.90. The second kappa shape index (κ2) is 4.42. The van der Waals surface area contributed by atoms with E-state index in [1.807, 2.05) is 0 Å². The van der Waals surface area contributed by atoms with Crippen molar-refractivity contribution in [3.63, 3.8) is 0 Å². The van der Waals surface area contributed by atoms with Crippen LogP contribution in [0.5, 0.6) is 0 Å². The van der Waals surface area contributed by atoms with Crippen LogP contribution >= 0.6 is 0 Å². The fraction of sp³-hybridized carbons (Fsp3) is 1.00. The third-order valence-corrected chi connectivity index (χ3v) is 4.64. The van der Waals surface area contributed by atoms with Gasteiger partial charge in [-0.1, -0.05) is 19.3 Å². The molecule has 0 radical (unpaired) electrons. The molecule has 15 heavy (non-hydrogen) atoms. The van der Waals surface area contributed by atoms with E-state index < -0.39 is 0 Å². The minimum absolute atomic E-state index is 0.816. The predicted octanol–water partition coefficient (Wildman–Crippen LogP) is 2.15. The summed E-state index contributed by atoms with van der Waals surface area (Å²) in [5, 5.41) is 3.83. The summed E-state index contributed by atoms with van der Waals surface area (Å²) in [6.07, 6.45) is 11.6. The van der Waals surface area contributed by atoms with Gasteiger partial charge >= 0.3 is 0 Å². The maximum atomic E-state index is 3.83. The number of nitrogens with zero attached hydrogens (tertiary/aromatic N) is 1. The van der Waals surface area contributed by atoms with Crippen LogP contribution in [0, 0.1) is 0 Å². The first-order chi connectivity index (χ1) is 7.42. The summed E-state index contributed by atoms with van der Waals surface area (Å²) in [4.78, 5) is 2.75. The van der Waals surface area contributed by atoms with Crippen LogP contribution in [-0.2, 0) is 0 Å². The number of likely N-dealkylation sites (tertiary alicyclic amines) is 1. The topological polar surface area (TPSA) is 15.3 Å². The van der Waals surface area contributed by atoms with E-state index in [0.717, 1.165) is 18.1 Å². The third kappa shape index (κ3) is 2.21. The van der Waals surface area contributed by atoms with Gasteiger partial charge in [-0.05, 0) is 32.1 Å². The maximum absolute atomic E-state index is 3.83. The highest BCUT2D eigenvalue weighted by Gasteiger charge is 2.31. The van der Waals surface area contributed by atoms with E-state index in [1.165, 1.54) is 64.5 Å². The zero-order chi connectivity index (χ0) is 10.1. The van der Waals surface area contributed by atoms with Crippen LogP contribution in [0.4, 0.5) is 0 Å². The minimum atomic E-state index is 0.816. The van der Waals surface area contributed by atoms with Gasteiger partial charge in [0.15, 0.2) is 0 Å². The summed E-state index contributed by atoms with van der Waals surface area (Å²) in [7, 11) is 0. The Balaban J connectivity index is 1.45. The molecule has 1 unspecified atom stereocenters. The van der Waals surface area contributed by atoms with Crippen LogP contribution in [0.3, 0.4) is 0 Å². The molecular weight excluding hydrogens is 184 g/mol. The van der Waals surface area contributed by atoms with Crippen LogP contribution in [0.25, 0.3) is 0 Å². The van der Waals surface area contributed by atoms with Gasteiger partial charge in [0.1, 0.15) is 0 Å². The molecule has 2 aliphatic carbocycles. The molecule has 1 saturated heterocycles.